The Bertz CT molecular complexity index is 1380. The number of halogens is 1. The van der Waals surface area contributed by atoms with E-state index in [1.807, 2.05) is 43.3 Å². The third kappa shape index (κ3) is 7.89. The van der Waals surface area contributed by atoms with E-state index >= 15 is 0 Å². The molecule has 0 aliphatic rings. The monoisotopic (exact) mass is 549 g/mol. The minimum absolute atomic E-state index is 0.175. The molecule has 4 rings (SSSR count). The summed E-state index contributed by atoms with van der Waals surface area (Å²) in [7, 11) is 1.62. The first-order valence-electron chi connectivity index (χ1n) is 12.1. The molecule has 0 unspecified atom stereocenters. The van der Waals surface area contributed by atoms with E-state index in [9.17, 15) is 9.59 Å². The molecule has 0 spiro atoms. The Labute approximate surface area is 230 Å². The molecule has 0 saturated carbocycles. The van der Waals surface area contributed by atoms with Crippen LogP contribution in [0, 0.1) is 0 Å². The number of amides is 2. The number of hydrogen-bond acceptors (Lipinski definition) is 6. The summed E-state index contributed by atoms with van der Waals surface area (Å²) in [6.07, 6.45) is 2.84. The zero-order valence-corrected chi connectivity index (χ0v) is 22.6. The zero-order valence-electron chi connectivity index (χ0n) is 21.1. The van der Waals surface area contributed by atoms with Gasteiger partial charge in [-0.05, 0) is 85.5 Å². The molecule has 7 nitrogen and oxygen atoms in total. The lowest BCUT2D eigenvalue weighted by Gasteiger charge is -2.16. The van der Waals surface area contributed by atoms with Gasteiger partial charge < -0.3 is 14.8 Å². The van der Waals surface area contributed by atoms with Gasteiger partial charge in [0.25, 0.3) is 11.8 Å². The normalized spacial score (nSPS) is 11.6. The zero-order chi connectivity index (χ0) is 26.9. The number of aryl methyl sites for hydroxylation is 2. The second-order valence-corrected chi connectivity index (χ2v) is 10.0. The van der Waals surface area contributed by atoms with E-state index in [-0.39, 0.29) is 17.9 Å². The summed E-state index contributed by atoms with van der Waals surface area (Å²) in [6, 6.07) is 20.0. The van der Waals surface area contributed by atoms with E-state index in [0.717, 1.165) is 11.1 Å². The van der Waals surface area contributed by atoms with Gasteiger partial charge in [-0.3, -0.25) is 14.9 Å². The van der Waals surface area contributed by atoms with Crippen LogP contribution in [-0.2, 0) is 17.6 Å². The average Bonchev–Trinajstić information content (AvgIpc) is 3.41. The summed E-state index contributed by atoms with van der Waals surface area (Å²) in [5.41, 5.74) is 3.72. The summed E-state index contributed by atoms with van der Waals surface area (Å²) in [5.74, 6) is 0.142. The van der Waals surface area contributed by atoms with Crippen molar-refractivity contribution >= 4 is 45.6 Å². The van der Waals surface area contributed by atoms with Crippen LogP contribution < -0.4 is 15.4 Å². The highest BCUT2D eigenvalue weighted by Gasteiger charge is 2.14. The Kier molecular flexibility index (Phi) is 9.48. The summed E-state index contributed by atoms with van der Waals surface area (Å²) < 4.78 is 11.2. The van der Waals surface area contributed by atoms with Crippen LogP contribution in [0.15, 0.2) is 78.3 Å². The molecule has 0 saturated heterocycles. The number of thiazole rings is 1. The molecule has 0 radical (unpaired) electrons. The van der Waals surface area contributed by atoms with Crippen molar-refractivity contribution in [2.45, 2.75) is 25.9 Å². The number of methoxy groups -OCH3 is 1. The van der Waals surface area contributed by atoms with Gasteiger partial charge in [-0.2, -0.15) is 0 Å². The summed E-state index contributed by atoms with van der Waals surface area (Å²) in [6.45, 7) is 2.34. The molecule has 38 heavy (non-hydrogen) atoms. The van der Waals surface area contributed by atoms with Crippen LogP contribution in [0.25, 0.3) is 0 Å². The fraction of sp³-hybridized carbons (Fsp3) is 0.207. The second-order valence-electron chi connectivity index (χ2n) is 8.70. The molecule has 3 aromatic carbocycles. The molecule has 2 N–H and O–H groups in total. The molecular weight excluding hydrogens is 522 g/mol. The SMILES string of the molecule is COC[C@H](C)Oc1cc(CCc2cccc(NC(=O)c3ccc(Cl)cc3)c2)cc(C(=O)Nc2nccs2)c1. The third-order valence-electron chi connectivity index (χ3n) is 5.61. The van der Waals surface area contributed by atoms with Crippen molar-refractivity contribution in [1.29, 1.82) is 0 Å². The van der Waals surface area contributed by atoms with Crippen LogP contribution in [-0.4, -0.2) is 36.6 Å². The fourth-order valence-electron chi connectivity index (χ4n) is 3.86. The van der Waals surface area contributed by atoms with Gasteiger partial charge in [0.2, 0.25) is 0 Å². The van der Waals surface area contributed by atoms with Crippen molar-refractivity contribution in [3.63, 3.8) is 0 Å². The van der Waals surface area contributed by atoms with Gasteiger partial charge in [-0.15, -0.1) is 11.3 Å². The van der Waals surface area contributed by atoms with E-state index in [1.54, 1.807) is 49.0 Å². The number of aromatic nitrogens is 1. The highest BCUT2D eigenvalue weighted by atomic mass is 35.5. The van der Waals surface area contributed by atoms with Gasteiger partial charge in [0.1, 0.15) is 11.9 Å². The predicted molar refractivity (Wildman–Crippen MR) is 152 cm³/mol. The third-order valence-corrected chi connectivity index (χ3v) is 6.55. The van der Waals surface area contributed by atoms with Crippen LogP contribution >= 0.6 is 22.9 Å². The lowest BCUT2D eigenvalue weighted by Crippen LogP contribution is -2.19. The van der Waals surface area contributed by atoms with Crippen LogP contribution in [0.1, 0.15) is 38.8 Å². The summed E-state index contributed by atoms with van der Waals surface area (Å²) in [5, 5.41) is 8.68. The van der Waals surface area contributed by atoms with E-state index < -0.39 is 0 Å². The maximum Gasteiger partial charge on any atom is 0.257 e. The van der Waals surface area contributed by atoms with Crippen LogP contribution in [0.5, 0.6) is 5.75 Å². The number of rotatable bonds is 11. The minimum atomic E-state index is -0.252. The van der Waals surface area contributed by atoms with E-state index in [4.69, 9.17) is 21.1 Å². The molecule has 1 atom stereocenters. The lowest BCUT2D eigenvalue weighted by atomic mass is 10.0. The van der Waals surface area contributed by atoms with Crippen molar-refractivity contribution < 1.29 is 19.1 Å². The number of benzene rings is 3. The molecule has 0 aliphatic heterocycles. The standard InChI is InChI=1S/C29H28ClN3O4S/c1-19(18-36-2)37-26-16-21(14-23(17-26)28(35)33-29-31-12-13-38-29)7-6-20-4-3-5-25(15-20)32-27(34)22-8-10-24(30)11-9-22/h3-5,8-17,19H,6-7,18H2,1-2H3,(H,32,34)(H,31,33,35)/t19-/m0/s1. The smallest absolute Gasteiger partial charge is 0.257 e. The number of nitrogens with one attached hydrogen (secondary N) is 2. The number of carbonyl (C=O) groups excluding carboxylic acids is 2. The van der Waals surface area contributed by atoms with Gasteiger partial charge in [0.05, 0.1) is 6.61 Å². The number of carbonyl (C=O) groups is 2. The number of nitrogens with zero attached hydrogens (tertiary/aromatic N) is 1. The number of ether oxygens (including phenoxy) is 2. The molecule has 196 valence electrons. The Morgan fingerprint density at radius 3 is 2.45 bits per heavy atom. The van der Waals surface area contributed by atoms with Gasteiger partial charge in [-0.1, -0.05) is 23.7 Å². The molecular formula is C29H28ClN3O4S. The first-order chi connectivity index (χ1) is 18.4. The van der Waals surface area contributed by atoms with Crippen molar-refractivity contribution in [3.05, 3.63) is 106 Å². The molecule has 0 aliphatic carbocycles. The number of hydrogen-bond donors (Lipinski definition) is 2. The van der Waals surface area contributed by atoms with Gasteiger partial charge in [-0.25, -0.2) is 4.98 Å². The first-order valence-corrected chi connectivity index (χ1v) is 13.3. The molecule has 1 aromatic heterocycles. The highest BCUT2D eigenvalue weighted by Crippen LogP contribution is 2.23. The van der Waals surface area contributed by atoms with Crippen molar-refractivity contribution in [2.24, 2.45) is 0 Å². The van der Waals surface area contributed by atoms with Gasteiger partial charge in [0, 0.05) is 40.5 Å². The van der Waals surface area contributed by atoms with Gasteiger partial charge in [0.15, 0.2) is 5.13 Å². The second kappa shape index (κ2) is 13.2. The van der Waals surface area contributed by atoms with Crippen molar-refractivity contribution in [1.82, 2.24) is 4.98 Å². The molecule has 1 heterocycles. The maximum absolute atomic E-state index is 12.9. The molecule has 0 fully saturated rings. The Balaban J connectivity index is 1.47. The maximum atomic E-state index is 12.9. The quantitative estimate of drug-likeness (QED) is 0.223. The lowest BCUT2D eigenvalue weighted by molar-refractivity contribution is 0.0916. The Morgan fingerprint density at radius 2 is 1.71 bits per heavy atom. The molecule has 0 bridgehead atoms. The van der Waals surface area contributed by atoms with Crippen molar-refractivity contribution in [3.8, 4) is 5.75 Å². The molecule has 4 aromatic rings. The predicted octanol–water partition coefficient (Wildman–Crippen LogP) is 6.50. The summed E-state index contributed by atoms with van der Waals surface area (Å²) >= 11 is 7.28. The molecule has 2 amide bonds. The van der Waals surface area contributed by atoms with E-state index in [0.29, 0.717) is 52.2 Å². The Hall–Kier alpha value is -3.72. The first kappa shape index (κ1) is 27.3. The molecule has 9 heteroatoms. The van der Waals surface area contributed by atoms with Crippen LogP contribution in [0.3, 0.4) is 0 Å². The van der Waals surface area contributed by atoms with E-state index in [2.05, 4.69) is 15.6 Å². The van der Waals surface area contributed by atoms with Crippen LogP contribution in [0.2, 0.25) is 5.02 Å². The summed E-state index contributed by atoms with van der Waals surface area (Å²) in [4.78, 5) is 29.6. The van der Waals surface area contributed by atoms with Crippen molar-refractivity contribution in [2.75, 3.05) is 24.4 Å². The van der Waals surface area contributed by atoms with Gasteiger partial charge >= 0.3 is 0 Å². The number of anilines is 2. The van der Waals surface area contributed by atoms with E-state index in [1.165, 1.54) is 11.3 Å². The topological polar surface area (TPSA) is 89.5 Å². The Morgan fingerprint density at radius 1 is 0.947 bits per heavy atom. The highest BCUT2D eigenvalue weighted by molar-refractivity contribution is 7.13. The minimum Gasteiger partial charge on any atom is -0.488 e. The van der Waals surface area contributed by atoms with Crippen LogP contribution in [0.4, 0.5) is 10.8 Å². The fourth-order valence-corrected chi connectivity index (χ4v) is 4.51. The average molecular weight is 550 g/mol. The largest absolute Gasteiger partial charge is 0.488 e.